The first-order valence-corrected chi connectivity index (χ1v) is 5.49. The topological polar surface area (TPSA) is 58.6 Å². The Labute approximate surface area is 102 Å². The molecule has 8 heteroatoms. The number of nitrogens with one attached hydrogen (secondary N) is 1. The Kier molecular flexibility index (Phi) is 4.94. The van der Waals surface area contributed by atoms with Gasteiger partial charge >= 0.3 is 12.1 Å². The van der Waals surface area contributed by atoms with Crippen LogP contribution < -0.4 is 5.32 Å². The minimum absolute atomic E-state index is 0.226. The molecule has 1 fully saturated rings. The molecule has 1 aliphatic rings. The van der Waals surface area contributed by atoms with Crippen molar-refractivity contribution in [1.29, 1.82) is 0 Å². The van der Waals surface area contributed by atoms with Crippen LogP contribution in [-0.4, -0.2) is 55.7 Å². The van der Waals surface area contributed by atoms with E-state index in [1.54, 1.807) is 5.32 Å². The molecule has 1 aliphatic heterocycles. The molecule has 1 atom stereocenters. The summed E-state index contributed by atoms with van der Waals surface area (Å²) in [5.74, 6) is -1.21. The molecule has 0 aliphatic carbocycles. The number of carbonyl (C=O) groups excluding carboxylic acids is 2. The summed E-state index contributed by atoms with van der Waals surface area (Å²) in [6.07, 6.45) is -3.16. The van der Waals surface area contributed by atoms with Crippen molar-refractivity contribution in [3.05, 3.63) is 0 Å². The third-order valence-electron chi connectivity index (χ3n) is 2.67. The van der Waals surface area contributed by atoms with E-state index in [9.17, 15) is 22.8 Å². The Bertz CT molecular complexity index is 320. The van der Waals surface area contributed by atoms with Gasteiger partial charge in [0, 0.05) is 0 Å². The van der Waals surface area contributed by atoms with Gasteiger partial charge in [0.05, 0.1) is 13.7 Å². The average Bonchev–Trinajstić information content (AvgIpc) is 2.72. The Morgan fingerprint density at radius 3 is 2.67 bits per heavy atom. The largest absolute Gasteiger partial charge is 0.468 e. The van der Waals surface area contributed by atoms with Crippen molar-refractivity contribution in [2.45, 2.75) is 25.1 Å². The van der Waals surface area contributed by atoms with Gasteiger partial charge in [0.1, 0.15) is 12.6 Å². The first-order valence-electron chi connectivity index (χ1n) is 5.49. The van der Waals surface area contributed by atoms with Crippen LogP contribution in [0.4, 0.5) is 13.2 Å². The van der Waals surface area contributed by atoms with E-state index in [0.717, 1.165) is 0 Å². The van der Waals surface area contributed by atoms with E-state index in [2.05, 4.69) is 4.74 Å². The number of rotatable bonds is 4. The minimum atomic E-state index is -4.43. The fourth-order valence-electron chi connectivity index (χ4n) is 1.86. The molecular formula is C10H15F3N2O3. The van der Waals surface area contributed by atoms with Crippen LogP contribution in [0.5, 0.6) is 0 Å². The second-order valence-electron chi connectivity index (χ2n) is 4.04. The van der Waals surface area contributed by atoms with Crippen molar-refractivity contribution < 1.29 is 27.5 Å². The molecule has 104 valence electrons. The van der Waals surface area contributed by atoms with Crippen molar-refractivity contribution in [3.63, 3.8) is 0 Å². The third kappa shape index (κ3) is 4.52. The van der Waals surface area contributed by atoms with Crippen molar-refractivity contribution in [2.24, 2.45) is 0 Å². The number of likely N-dealkylation sites (tertiary alicyclic amines) is 1. The summed E-state index contributed by atoms with van der Waals surface area (Å²) in [5, 5.41) is 1.77. The summed E-state index contributed by atoms with van der Waals surface area (Å²) in [6, 6.07) is -0.536. The van der Waals surface area contributed by atoms with Gasteiger partial charge in [-0.2, -0.15) is 13.2 Å². The first kappa shape index (κ1) is 14.7. The Morgan fingerprint density at radius 2 is 2.11 bits per heavy atom. The molecule has 1 saturated heterocycles. The lowest BCUT2D eigenvalue weighted by atomic mass is 10.2. The summed E-state index contributed by atoms with van der Waals surface area (Å²) in [5.41, 5.74) is 0. The highest BCUT2D eigenvalue weighted by atomic mass is 19.4. The fourth-order valence-corrected chi connectivity index (χ4v) is 1.86. The van der Waals surface area contributed by atoms with Gasteiger partial charge in [-0.15, -0.1) is 0 Å². The number of hydrogen-bond donors (Lipinski definition) is 1. The van der Waals surface area contributed by atoms with Gasteiger partial charge in [-0.3, -0.25) is 14.5 Å². The van der Waals surface area contributed by atoms with Gasteiger partial charge in [-0.05, 0) is 19.4 Å². The first-order chi connectivity index (χ1) is 8.33. The predicted molar refractivity (Wildman–Crippen MR) is 55.7 cm³/mol. The van der Waals surface area contributed by atoms with E-state index < -0.39 is 30.6 Å². The summed E-state index contributed by atoms with van der Waals surface area (Å²) in [4.78, 5) is 24.2. The molecule has 18 heavy (non-hydrogen) atoms. The lowest BCUT2D eigenvalue weighted by Crippen LogP contribution is -2.45. The second-order valence-corrected chi connectivity index (χ2v) is 4.04. The van der Waals surface area contributed by atoms with E-state index in [1.165, 1.54) is 12.0 Å². The summed E-state index contributed by atoms with van der Waals surface area (Å²) < 4.78 is 40.2. The van der Waals surface area contributed by atoms with E-state index in [4.69, 9.17) is 0 Å². The number of alkyl halides is 3. The highest BCUT2D eigenvalue weighted by Gasteiger charge is 2.33. The maximum atomic E-state index is 11.9. The number of carbonyl (C=O) groups is 2. The monoisotopic (exact) mass is 268 g/mol. The number of esters is 1. The smallest absolute Gasteiger partial charge is 0.405 e. The zero-order valence-electron chi connectivity index (χ0n) is 9.92. The fraction of sp³-hybridized carbons (Fsp3) is 0.800. The van der Waals surface area contributed by atoms with Crippen LogP contribution in [0.15, 0.2) is 0 Å². The molecule has 1 unspecified atom stereocenters. The molecule has 0 aromatic rings. The number of methoxy groups -OCH3 is 1. The molecule has 1 rings (SSSR count). The van der Waals surface area contributed by atoms with E-state index >= 15 is 0 Å². The molecule has 0 aromatic carbocycles. The van der Waals surface area contributed by atoms with Crippen molar-refractivity contribution in [2.75, 3.05) is 26.7 Å². The summed E-state index contributed by atoms with van der Waals surface area (Å²) in [7, 11) is 1.24. The highest BCUT2D eigenvalue weighted by molar-refractivity contribution is 5.80. The van der Waals surface area contributed by atoms with Gasteiger partial charge in [0.2, 0.25) is 5.91 Å². The molecule has 1 amide bonds. The predicted octanol–water partition coefficient (Wildman–Crippen LogP) is 0.302. The lowest BCUT2D eigenvalue weighted by Gasteiger charge is -2.21. The highest BCUT2D eigenvalue weighted by Crippen LogP contribution is 2.18. The van der Waals surface area contributed by atoms with E-state index in [-0.39, 0.29) is 6.54 Å². The molecule has 1 heterocycles. The average molecular weight is 268 g/mol. The number of hydrogen-bond acceptors (Lipinski definition) is 4. The van der Waals surface area contributed by atoms with Crippen molar-refractivity contribution >= 4 is 11.9 Å². The Hall–Kier alpha value is -1.31. The van der Waals surface area contributed by atoms with Gasteiger partial charge in [0.25, 0.3) is 0 Å². The number of halogens is 3. The van der Waals surface area contributed by atoms with Crippen LogP contribution in [0.25, 0.3) is 0 Å². The van der Waals surface area contributed by atoms with Gasteiger partial charge < -0.3 is 10.1 Å². The van der Waals surface area contributed by atoms with Crippen LogP contribution in [-0.2, 0) is 14.3 Å². The lowest BCUT2D eigenvalue weighted by molar-refractivity contribution is -0.147. The standard InChI is InChI=1S/C10H15F3N2O3/c1-18-9(17)7-3-2-4-15(7)5-8(16)14-6-10(11,12)13/h7H,2-6H2,1H3,(H,14,16). The van der Waals surface area contributed by atoms with Gasteiger partial charge in [-0.1, -0.05) is 0 Å². The molecule has 0 spiro atoms. The second kappa shape index (κ2) is 6.03. The molecule has 5 nitrogen and oxygen atoms in total. The number of ether oxygens (including phenoxy) is 1. The molecule has 0 saturated carbocycles. The molecule has 0 aromatic heterocycles. The zero-order valence-corrected chi connectivity index (χ0v) is 9.92. The molecule has 0 radical (unpaired) electrons. The number of nitrogens with zero attached hydrogens (tertiary/aromatic N) is 1. The molecule has 1 N–H and O–H groups in total. The SMILES string of the molecule is COC(=O)C1CCCN1CC(=O)NCC(F)(F)F. The van der Waals surface area contributed by atoms with Crippen LogP contribution >= 0.6 is 0 Å². The van der Waals surface area contributed by atoms with Crippen LogP contribution in [0.3, 0.4) is 0 Å². The van der Waals surface area contributed by atoms with Crippen molar-refractivity contribution in [1.82, 2.24) is 10.2 Å². The number of amides is 1. The van der Waals surface area contributed by atoms with Gasteiger partial charge in [-0.25, -0.2) is 0 Å². The quantitative estimate of drug-likeness (QED) is 0.745. The summed E-state index contributed by atoms with van der Waals surface area (Å²) in [6.45, 7) is -1.09. The van der Waals surface area contributed by atoms with Crippen molar-refractivity contribution in [3.8, 4) is 0 Å². The van der Waals surface area contributed by atoms with E-state index in [0.29, 0.717) is 19.4 Å². The molecule has 0 bridgehead atoms. The van der Waals surface area contributed by atoms with E-state index in [1.807, 2.05) is 0 Å². The zero-order chi connectivity index (χ0) is 13.8. The Morgan fingerprint density at radius 1 is 1.44 bits per heavy atom. The normalized spacial score (nSPS) is 20.8. The molecular weight excluding hydrogens is 253 g/mol. The van der Waals surface area contributed by atoms with Gasteiger partial charge in [0.15, 0.2) is 0 Å². The maximum absolute atomic E-state index is 11.9. The van der Waals surface area contributed by atoms with Crippen LogP contribution in [0.1, 0.15) is 12.8 Å². The maximum Gasteiger partial charge on any atom is 0.405 e. The van der Waals surface area contributed by atoms with Crippen LogP contribution in [0, 0.1) is 0 Å². The summed E-state index contributed by atoms with van der Waals surface area (Å²) >= 11 is 0. The van der Waals surface area contributed by atoms with Crippen LogP contribution in [0.2, 0.25) is 0 Å². The minimum Gasteiger partial charge on any atom is -0.468 e. The third-order valence-corrected chi connectivity index (χ3v) is 2.67. The Balaban J connectivity index is 2.41.